The van der Waals surface area contributed by atoms with Gasteiger partial charge in [0, 0.05) is 26.0 Å². The summed E-state index contributed by atoms with van der Waals surface area (Å²) in [5.74, 6) is 0. The zero-order valence-corrected chi connectivity index (χ0v) is 10.4. The highest BCUT2D eigenvalue weighted by Gasteiger charge is 2.01. The first kappa shape index (κ1) is 11.9. The van der Waals surface area contributed by atoms with Crippen LogP contribution in [-0.2, 0) is 20.1 Å². The van der Waals surface area contributed by atoms with Crippen molar-refractivity contribution in [3.05, 3.63) is 36.2 Å². The molecule has 0 saturated heterocycles. The number of aryl methyl sites for hydroxylation is 1. The maximum atomic E-state index is 4.36. The summed E-state index contributed by atoms with van der Waals surface area (Å²) in [5.41, 5.74) is 2.13. The summed E-state index contributed by atoms with van der Waals surface area (Å²) >= 11 is 0. The fourth-order valence-electron chi connectivity index (χ4n) is 1.71. The van der Waals surface area contributed by atoms with Crippen molar-refractivity contribution in [2.75, 3.05) is 6.54 Å². The molecule has 92 valence electrons. The van der Waals surface area contributed by atoms with Crippen LogP contribution in [0.15, 0.2) is 24.8 Å². The maximum absolute atomic E-state index is 4.36. The smallest absolute Gasteiger partial charge is 0.0953 e. The molecule has 5 nitrogen and oxygen atoms in total. The van der Waals surface area contributed by atoms with Crippen LogP contribution >= 0.6 is 0 Å². The Balaban J connectivity index is 1.89. The van der Waals surface area contributed by atoms with Crippen molar-refractivity contribution in [2.24, 2.45) is 7.05 Å². The first-order valence-corrected chi connectivity index (χ1v) is 5.98. The van der Waals surface area contributed by atoms with E-state index in [1.165, 1.54) is 0 Å². The minimum absolute atomic E-state index is 0.779. The molecule has 2 heterocycles. The Morgan fingerprint density at radius 3 is 2.94 bits per heavy atom. The van der Waals surface area contributed by atoms with Crippen molar-refractivity contribution < 1.29 is 0 Å². The zero-order valence-electron chi connectivity index (χ0n) is 10.4. The average Bonchev–Trinajstić information content (AvgIpc) is 2.90. The first-order valence-electron chi connectivity index (χ1n) is 5.98. The molecule has 2 rings (SSSR count). The molecular weight excluding hydrogens is 214 g/mol. The standard InChI is InChI=1S/C12H19N5/c1-3-5-13-7-12-9-17(10-14-12)8-11-4-6-16(2)15-11/h4,6,9-10,13H,3,5,7-8H2,1-2H3. The molecule has 0 bridgehead atoms. The molecule has 17 heavy (non-hydrogen) atoms. The van der Waals surface area contributed by atoms with Crippen LogP contribution in [0.5, 0.6) is 0 Å². The van der Waals surface area contributed by atoms with Gasteiger partial charge in [0.05, 0.1) is 24.3 Å². The van der Waals surface area contributed by atoms with Gasteiger partial charge in [-0.1, -0.05) is 6.92 Å². The lowest BCUT2D eigenvalue weighted by molar-refractivity contribution is 0.665. The van der Waals surface area contributed by atoms with Crippen LogP contribution in [0.1, 0.15) is 24.7 Å². The molecule has 0 amide bonds. The summed E-state index contributed by atoms with van der Waals surface area (Å²) < 4.78 is 3.88. The molecule has 2 aromatic heterocycles. The zero-order chi connectivity index (χ0) is 12.1. The number of nitrogens with one attached hydrogen (secondary N) is 1. The Hall–Kier alpha value is -1.62. The van der Waals surface area contributed by atoms with Gasteiger partial charge in [-0.15, -0.1) is 0 Å². The molecule has 0 radical (unpaired) electrons. The fraction of sp³-hybridized carbons (Fsp3) is 0.500. The molecule has 1 N–H and O–H groups in total. The van der Waals surface area contributed by atoms with E-state index in [1.54, 1.807) is 0 Å². The van der Waals surface area contributed by atoms with Crippen molar-refractivity contribution in [3.8, 4) is 0 Å². The normalized spacial score (nSPS) is 10.9. The quantitative estimate of drug-likeness (QED) is 0.762. The Kier molecular flexibility index (Phi) is 3.93. The summed E-state index contributed by atoms with van der Waals surface area (Å²) in [4.78, 5) is 4.36. The predicted molar refractivity (Wildman–Crippen MR) is 66.5 cm³/mol. The van der Waals surface area contributed by atoms with E-state index in [9.17, 15) is 0 Å². The van der Waals surface area contributed by atoms with Crippen molar-refractivity contribution >= 4 is 0 Å². The molecule has 0 fully saturated rings. The number of hydrogen-bond acceptors (Lipinski definition) is 3. The van der Waals surface area contributed by atoms with Crippen LogP contribution in [0.3, 0.4) is 0 Å². The van der Waals surface area contributed by atoms with Crippen molar-refractivity contribution in [1.29, 1.82) is 0 Å². The second kappa shape index (κ2) is 5.63. The van der Waals surface area contributed by atoms with E-state index in [4.69, 9.17) is 0 Å². The van der Waals surface area contributed by atoms with E-state index >= 15 is 0 Å². The summed E-state index contributed by atoms with van der Waals surface area (Å²) in [6.07, 6.45) is 7.03. The largest absolute Gasteiger partial charge is 0.331 e. The van der Waals surface area contributed by atoms with E-state index in [0.717, 1.165) is 37.4 Å². The Bertz CT molecular complexity index is 457. The predicted octanol–water partition coefficient (Wildman–Crippen LogP) is 1.16. The SMILES string of the molecule is CCCNCc1cn(Cc2ccn(C)n2)cn1. The maximum Gasteiger partial charge on any atom is 0.0953 e. The molecule has 0 aliphatic heterocycles. The molecule has 0 atom stereocenters. The van der Waals surface area contributed by atoms with E-state index in [-0.39, 0.29) is 0 Å². The van der Waals surface area contributed by atoms with Crippen LogP contribution in [-0.4, -0.2) is 25.9 Å². The van der Waals surface area contributed by atoms with E-state index in [1.807, 2.05) is 30.3 Å². The molecule has 0 spiro atoms. The van der Waals surface area contributed by atoms with Gasteiger partial charge in [0.2, 0.25) is 0 Å². The van der Waals surface area contributed by atoms with E-state index in [0.29, 0.717) is 0 Å². The highest BCUT2D eigenvalue weighted by Crippen LogP contribution is 2.01. The number of rotatable bonds is 6. The third-order valence-electron chi connectivity index (χ3n) is 2.53. The lowest BCUT2D eigenvalue weighted by Gasteiger charge is -1.99. The summed E-state index contributed by atoms with van der Waals surface area (Å²) in [6.45, 7) is 4.81. The summed E-state index contributed by atoms with van der Waals surface area (Å²) in [5, 5.41) is 7.68. The molecular formula is C12H19N5. The molecule has 2 aromatic rings. The van der Waals surface area contributed by atoms with Gasteiger partial charge in [-0.05, 0) is 19.0 Å². The number of hydrogen-bond donors (Lipinski definition) is 1. The number of imidazole rings is 1. The third-order valence-corrected chi connectivity index (χ3v) is 2.53. The number of nitrogens with zero attached hydrogens (tertiary/aromatic N) is 4. The molecule has 0 aliphatic rings. The molecule has 5 heteroatoms. The Labute approximate surface area is 101 Å². The van der Waals surface area contributed by atoms with Gasteiger partial charge in [0.25, 0.3) is 0 Å². The lowest BCUT2D eigenvalue weighted by Crippen LogP contribution is -2.13. The van der Waals surface area contributed by atoms with Gasteiger partial charge in [-0.25, -0.2) is 4.98 Å². The van der Waals surface area contributed by atoms with E-state index in [2.05, 4.69) is 33.1 Å². The van der Waals surface area contributed by atoms with Crippen LogP contribution < -0.4 is 5.32 Å². The van der Waals surface area contributed by atoms with Crippen molar-refractivity contribution in [1.82, 2.24) is 24.6 Å². The van der Waals surface area contributed by atoms with Gasteiger partial charge in [-0.3, -0.25) is 4.68 Å². The Morgan fingerprint density at radius 1 is 1.35 bits per heavy atom. The monoisotopic (exact) mass is 233 g/mol. The molecule has 0 unspecified atom stereocenters. The van der Waals surface area contributed by atoms with Crippen LogP contribution in [0, 0.1) is 0 Å². The fourth-order valence-corrected chi connectivity index (χ4v) is 1.71. The lowest BCUT2D eigenvalue weighted by atomic mass is 10.4. The topological polar surface area (TPSA) is 47.7 Å². The van der Waals surface area contributed by atoms with Crippen molar-refractivity contribution in [2.45, 2.75) is 26.4 Å². The first-order chi connectivity index (χ1) is 8.28. The third kappa shape index (κ3) is 3.42. The summed E-state index contributed by atoms with van der Waals surface area (Å²) in [6, 6.07) is 2.02. The second-order valence-corrected chi connectivity index (χ2v) is 4.19. The molecule has 0 aromatic carbocycles. The van der Waals surface area contributed by atoms with Gasteiger partial charge in [0.15, 0.2) is 0 Å². The van der Waals surface area contributed by atoms with Crippen LogP contribution in [0.4, 0.5) is 0 Å². The van der Waals surface area contributed by atoms with Gasteiger partial charge >= 0.3 is 0 Å². The average molecular weight is 233 g/mol. The van der Waals surface area contributed by atoms with Crippen molar-refractivity contribution in [3.63, 3.8) is 0 Å². The highest BCUT2D eigenvalue weighted by atomic mass is 15.3. The second-order valence-electron chi connectivity index (χ2n) is 4.19. The van der Waals surface area contributed by atoms with Gasteiger partial charge < -0.3 is 9.88 Å². The minimum Gasteiger partial charge on any atom is -0.331 e. The van der Waals surface area contributed by atoms with Gasteiger partial charge in [0.1, 0.15) is 0 Å². The number of aromatic nitrogens is 4. The van der Waals surface area contributed by atoms with Gasteiger partial charge in [-0.2, -0.15) is 5.10 Å². The summed E-state index contributed by atoms with van der Waals surface area (Å²) in [7, 11) is 1.93. The molecule has 0 aliphatic carbocycles. The molecule has 0 saturated carbocycles. The minimum atomic E-state index is 0.779. The Morgan fingerprint density at radius 2 is 2.24 bits per heavy atom. The van der Waals surface area contributed by atoms with Crippen LogP contribution in [0.2, 0.25) is 0 Å². The van der Waals surface area contributed by atoms with Crippen LogP contribution in [0.25, 0.3) is 0 Å². The highest BCUT2D eigenvalue weighted by molar-refractivity contribution is 5.03. The van der Waals surface area contributed by atoms with E-state index < -0.39 is 0 Å².